The van der Waals surface area contributed by atoms with Crippen molar-refractivity contribution in [1.82, 2.24) is 15.5 Å². The zero-order chi connectivity index (χ0) is 14.5. The molecule has 2 N–H and O–H groups in total. The topological polar surface area (TPSA) is 61.4 Å². The second kappa shape index (κ2) is 6.52. The summed E-state index contributed by atoms with van der Waals surface area (Å²) in [7, 11) is 1.92. The number of nitrogens with zero attached hydrogens (tertiary/aromatic N) is 1. The molecule has 0 aromatic heterocycles. The zero-order valence-corrected chi connectivity index (χ0v) is 12.0. The van der Waals surface area contributed by atoms with Crippen molar-refractivity contribution in [2.24, 2.45) is 0 Å². The minimum absolute atomic E-state index is 0.218. The van der Waals surface area contributed by atoms with Gasteiger partial charge < -0.3 is 5.32 Å². The second-order valence-corrected chi connectivity index (χ2v) is 5.08. The Hall–Kier alpha value is -1.88. The summed E-state index contributed by atoms with van der Waals surface area (Å²) in [6.45, 7) is 2.53. The lowest BCUT2D eigenvalue weighted by molar-refractivity contribution is -0.121. The average Bonchev–Trinajstić information content (AvgIpc) is 2.82. The van der Waals surface area contributed by atoms with Crippen LogP contribution in [0.25, 0.3) is 0 Å². The van der Waals surface area contributed by atoms with E-state index in [1.165, 1.54) is 11.1 Å². The molecule has 108 valence electrons. The summed E-state index contributed by atoms with van der Waals surface area (Å²) in [5.74, 6) is -0.275. The Morgan fingerprint density at radius 1 is 1.35 bits per heavy atom. The molecule has 0 saturated heterocycles. The van der Waals surface area contributed by atoms with E-state index in [0.717, 1.165) is 12.8 Å². The summed E-state index contributed by atoms with van der Waals surface area (Å²) in [5, 5.41) is 4.87. The minimum Gasteiger partial charge on any atom is -0.338 e. The Morgan fingerprint density at radius 3 is 2.85 bits per heavy atom. The monoisotopic (exact) mass is 275 g/mol. The maximum absolute atomic E-state index is 11.8. The number of amides is 3. The van der Waals surface area contributed by atoms with E-state index in [4.69, 9.17) is 0 Å². The summed E-state index contributed by atoms with van der Waals surface area (Å²) < 4.78 is 0. The molecule has 0 heterocycles. The van der Waals surface area contributed by atoms with Gasteiger partial charge in [0.1, 0.15) is 0 Å². The molecule has 1 aromatic carbocycles. The Bertz CT molecular complexity index is 502. The lowest BCUT2D eigenvalue weighted by Gasteiger charge is -2.24. The van der Waals surface area contributed by atoms with E-state index in [-0.39, 0.29) is 18.5 Å². The second-order valence-electron chi connectivity index (χ2n) is 5.08. The molecule has 0 radical (unpaired) electrons. The molecular weight excluding hydrogens is 254 g/mol. The number of imide groups is 1. The van der Waals surface area contributed by atoms with Crippen LogP contribution in [0.15, 0.2) is 24.3 Å². The number of carbonyl (C=O) groups is 2. The van der Waals surface area contributed by atoms with Gasteiger partial charge in [0, 0.05) is 12.6 Å². The van der Waals surface area contributed by atoms with Gasteiger partial charge in [0.25, 0.3) is 0 Å². The number of carbonyl (C=O) groups excluding carboxylic acids is 2. The van der Waals surface area contributed by atoms with E-state index >= 15 is 0 Å². The van der Waals surface area contributed by atoms with Gasteiger partial charge in [0.15, 0.2) is 0 Å². The van der Waals surface area contributed by atoms with E-state index in [2.05, 4.69) is 22.8 Å². The van der Waals surface area contributed by atoms with Crippen LogP contribution in [0.2, 0.25) is 0 Å². The highest BCUT2D eigenvalue weighted by Crippen LogP contribution is 2.34. The van der Waals surface area contributed by atoms with Crippen LogP contribution in [0.1, 0.15) is 30.5 Å². The lowest BCUT2D eigenvalue weighted by atomic mass is 10.1. The van der Waals surface area contributed by atoms with E-state index in [9.17, 15) is 9.59 Å². The molecule has 1 unspecified atom stereocenters. The molecular formula is C15H21N3O2. The Kier molecular flexibility index (Phi) is 4.74. The molecule has 0 spiro atoms. The number of urea groups is 1. The molecule has 3 amide bonds. The van der Waals surface area contributed by atoms with E-state index in [0.29, 0.717) is 6.54 Å². The molecule has 1 atom stereocenters. The molecule has 0 bridgehead atoms. The Balaban J connectivity index is 1.91. The molecule has 5 heteroatoms. The first-order chi connectivity index (χ1) is 9.61. The van der Waals surface area contributed by atoms with Gasteiger partial charge in [-0.05, 0) is 37.9 Å². The van der Waals surface area contributed by atoms with Crippen LogP contribution in [0.5, 0.6) is 0 Å². The van der Waals surface area contributed by atoms with Gasteiger partial charge in [-0.15, -0.1) is 0 Å². The number of likely N-dealkylation sites (N-methyl/N-ethyl adjacent to an activating group) is 1. The minimum atomic E-state index is -0.433. The fourth-order valence-electron chi connectivity index (χ4n) is 2.70. The third kappa shape index (κ3) is 3.36. The largest absolute Gasteiger partial charge is 0.338 e. The van der Waals surface area contributed by atoms with Crippen LogP contribution in [-0.2, 0) is 11.2 Å². The van der Waals surface area contributed by atoms with E-state index < -0.39 is 6.03 Å². The van der Waals surface area contributed by atoms with Crippen LogP contribution in [0.3, 0.4) is 0 Å². The van der Waals surface area contributed by atoms with Gasteiger partial charge in [0.05, 0.1) is 6.54 Å². The first kappa shape index (κ1) is 14.5. The van der Waals surface area contributed by atoms with Crippen molar-refractivity contribution < 1.29 is 9.59 Å². The van der Waals surface area contributed by atoms with Gasteiger partial charge >= 0.3 is 6.03 Å². The van der Waals surface area contributed by atoms with Crippen molar-refractivity contribution in [1.29, 1.82) is 0 Å². The number of nitrogens with one attached hydrogen (secondary N) is 2. The number of benzene rings is 1. The van der Waals surface area contributed by atoms with Gasteiger partial charge in [-0.25, -0.2) is 4.79 Å². The van der Waals surface area contributed by atoms with Crippen LogP contribution < -0.4 is 10.6 Å². The standard InChI is InChI=1S/C15H21N3O2/c1-3-16-15(20)17-14(19)10-18(2)13-9-8-11-6-4-5-7-12(11)13/h4-7,13H,3,8-10H2,1-2H3,(H2,16,17,19,20). The fourth-order valence-corrected chi connectivity index (χ4v) is 2.70. The van der Waals surface area contributed by atoms with Crippen LogP contribution in [0, 0.1) is 0 Å². The van der Waals surface area contributed by atoms with E-state index in [1.54, 1.807) is 0 Å². The number of hydrogen-bond donors (Lipinski definition) is 2. The molecule has 2 rings (SSSR count). The molecule has 20 heavy (non-hydrogen) atoms. The molecule has 5 nitrogen and oxygen atoms in total. The molecule has 0 saturated carbocycles. The normalized spacial score (nSPS) is 16.9. The summed E-state index contributed by atoms with van der Waals surface area (Å²) in [5.41, 5.74) is 2.65. The van der Waals surface area contributed by atoms with Crippen LogP contribution >= 0.6 is 0 Å². The summed E-state index contributed by atoms with van der Waals surface area (Å²) in [6.07, 6.45) is 2.06. The van der Waals surface area contributed by atoms with Gasteiger partial charge in [0.2, 0.25) is 5.91 Å². The zero-order valence-electron chi connectivity index (χ0n) is 12.0. The van der Waals surface area contributed by atoms with Crippen molar-refractivity contribution in [2.45, 2.75) is 25.8 Å². The SMILES string of the molecule is CCNC(=O)NC(=O)CN(C)C1CCc2ccccc21. The molecule has 1 aromatic rings. The van der Waals surface area contributed by atoms with Gasteiger partial charge in [-0.2, -0.15) is 0 Å². The quantitative estimate of drug-likeness (QED) is 0.874. The van der Waals surface area contributed by atoms with Crippen LogP contribution in [-0.4, -0.2) is 37.0 Å². The van der Waals surface area contributed by atoms with Crippen molar-refractivity contribution in [3.05, 3.63) is 35.4 Å². The van der Waals surface area contributed by atoms with Gasteiger partial charge in [-0.1, -0.05) is 24.3 Å². The number of rotatable bonds is 4. The van der Waals surface area contributed by atoms with Crippen LogP contribution in [0.4, 0.5) is 4.79 Å². The highest BCUT2D eigenvalue weighted by Gasteiger charge is 2.26. The first-order valence-corrected chi connectivity index (χ1v) is 6.97. The van der Waals surface area contributed by atoms with E-state index in [1.807, 2.05) is 31.0 Å². The summed E-state index contributed by atoms with van der Waals surface area (Å²) in [6, 6.07) is 8.15. The maximum Gasteiger partial charge on any atom is 0.321 e. The lowest BCUT2D eigenvalue weighted by Crippen LogP contribution is -2.44. The average molecular weight is 275 g/mol. The van der Waals surface area contributed by atoms with Crippen molar-refractivity contribution in [3.63, 3.8) is 0 Å². The maximum atomic E-state index is 11.8. The van der Waals surface area contributed by atoms with Crippen molar-refractivity contribution in [2.75, 3.05) is 20.1 Å². The molecule has 1 aliphatic carbocycles. The molecule has 0 aliphatic heterocycles. The highest BCUT2D eigenvalue weighted by molar-refractivity contribution is 5.95. The first-order valence-electron chi connectivity index (χ1n) is 6.97. The Morgan fingerprint density at radius 2 is 2.10 bits per heavy atom. The number of hydrogen-bond acceptors (Lipinski definition) is 3. The third-order valence-electron chi connectivity index (χ3n) is 3.62. The van der Waals surface area contributed by atoms with Gasteiger partial charge in [-0.3, -0.25) is 15.0 Å². The predicted octanol–water partition coefficient (Wildman–Crippen LogP) is 1.45. The Labute approximate surface area is 119 Å². The predicted molar refractivity (Wildman–Crippen MR) is 77.3 cm³/mol. The van der Waals surface area contributed by atoms with Crippen molar-refractivity contribution >= 4 is 11.9 Å². The smallest absolute Gasteiger partial charge is 0.321 e. The molecule has 0 fully saturated rings. The number of aryl methyl sites for hydroxylation is 1. The molecule has 1 aliphatic rings. The third-order valence-corrected chi connectivity index (χ3v) is 3.62. The fraction of sp³-hybridized carbons (Fsp3) is 0.467. The highest BCUT2D eigenvalue weighted by atomic mass is 16.2. The summed E-state index contributed by atoms with van der Waals surface area (Å²) >= 11 is 0. The number of fused-ring (bicyclic) bond motifs is 1. The van der Waals surface area contributed by atoms with Crippen molar-refractivity contribution in [3.8, 4) is 0 Å². The summed E-state index contributed by atoms with van der Waals surface area (Å²) in [4.78, 5) is 25.1.